The molecule has 9 nitrogen and oxygen atoms in total. The molecular weight excluding hydrogens is 410 g/mol. The minimum absolute atomic E-state index is 0.0494. The van der Waals surface area contributed by atoms with Crippen LogP contribution < -0.4 is 0 Å². The summed E-state index contributed by atoms with van der Waals surface area (Å²) in [5.41, 5.74) is 0.0267. The van der Waals surface area contributed by atoms with E-state index in [1.54, 1.807) is 6.07 Å². The first-order valence-corrected chi connectivity index (χ1v) is 8.89. The zero-order chi connectivity index (χ0) is 20.4. The van der Waals surface area contributed by atoms with Gasteiger partial charge in [0, 0.05) is 17.7 Å². The Labute approximate surface area is 166 Å². The lowest BCUT2D eigenvalue weighted by Crippen LogP contribution is -2.27. The molecule has 1 aliphatic rings. The molecule has 1 saturated heterocycles. The number of hydrogen-bond donors (Lipinski definition) is 0. The number of nitro groups is 2. The summed E-state index contributed by atoms with van der Waals surface area (Å²) in [5, 5.41) is 21.5. The molecule has 0 N–H and O–H groups in total. The van der Waals surface area contributed by atoms with Crippen LogP contribution in [-0.2, 0) is 11.3 Å². The molecule has 0 bridgehead atoms. The molecule has 2 aromatic rings. The molecule has 1 fully saturated rings. The molecule has 1 aliphatic heterocycles. The van der Waals surface area contributed by atoms with E-state index in [4.69, 9.17) is 11.6 Å². The molecule has 28 heavy (non-hydrogen) atoms. The van der Waals surface area contributed by atoms with Gasteiger partial charge in [-0.1, -0.05) is 35.9 Å². The maximum absolute atomic E-state index is 12.6. The molecule has 0 spiro atoms. The lowest BCUT2D eigenvalue weighted by molar-refractivity contribution is -0.385. The molecule has 11 heteroatoms. The number of amides is 2. The van der Waals surface area contributed by atoms with Crippen molar-refractivity contribution < 1.29 is 19.4 Å². The average Bonchev–Trinajstić information content (AvgIpc) is 2.90. The van der Waals surface area contributed by atoms with E-state index >= 15 is 0 Å². The highest BCUT2D eigenvalue weighted by atomic mass is 35.5. The average molecular weight is 420 g/mol. The van der Waals surface area contributed by atoms with Gasteiger partial charge in [-0.3, -0.25) is 34.7 Å². The largest absolute Gasteiger partial charge is 0.293 e. The normalized spacial score (nSPS) is 15.3. The van der Waals surface area contributed by atoms with Gasteiger partial charge in [0.2, 0.25) is 0 Å². The second-order valence-corrected chi connectivity index (χ2v) is 7.02. The minimum Gasteiger partial charge on any atom is -0.268 e. The SMILES string of the molecule is O=C1S/C(=C\c2ccc(Cl)c([N+](=O)[O-])c2)C(=O)N1Cc1ccccc1[N+](=O)[O-]. The van der Waals surface area contributed by atoms with Gasteiger partial charge in [0.05, 0.1) is 21.3 Å². The first-order valence-electron chi connectivity index (χ1n) is 7.69. The van der Waals surface area contributed by atoms with E-state index in [1.807, 2.05) is 0 Å². The van der Waals surface area contributed by atoms with Crippen LogP contribution in [0.25, 0.3) is 6.08 Å². The van der Waals surface area contributed by atoms with Crippen LogP contribution in [0, 0.1) is 20.2 Å². The van der Waals surface area contributed by atoms with Crippen LogP contribution >= 0.6 is 23.4 Å². The fourth-order valence-electron chi connectivity index (χ4n) is 2.54. The monoisotopic (exact) mass is 419 g/mol. The van der Waals surface area contributed by atoms with Crippen molar-refractivity contribution in [3.8, 4) is 0 Å². The van der Waals surface area contributed by atoms with E-state index in [1.165, 1.54) is 42.5 Å². The maximum Gasteiger partial charge on any atom is 0.293 e. The Morgan fingerprint density at radius 2 is 1.71 bits per heavy atom. The number of thioether (sulfide) groups is 1. The third-order valence-corrected chi connectivity index (χ3v) is 5.08. The molecule has 1 heterocycles. The minimum atomic E-state index is -0.653. The van der Waals surface area contributed by atoms with Crippen molar-refractivity contribution in [3.05, 3.63) is 83.7 Å². The number of nitro benzene ring substituents is 2. The Hall–Kier alpha value is -3.24. The molecule has 0 unspecified atom stereocenters. The van der Waals surface area contributed by atoms with Gasteiger partial charge in [0.1, 0.15) is 5.02 Å². The Morgan fingerprint density at radius 1 is 1.04 bits per heavy atom. The summed E-state index contributed by atoms with van der Waals surface area (Å²) in [4.78, 5) is 46.6. The lowest BCUT2D eigenvalue weighted by atomic mass is 10.1. The van der Waals surface area contributed by atoms with E-state index in [0.29, 0.717) is 17.3 Å². The highest BCUT2D eigenvalue weighted by Gasteiger charge is 2.36. The molecule has 0 saturated carbocycles. The van der Waals surface area contributed by atoms with E-state index in [2.05, 4.69) is 0 Å². The summed E-state index contributed by atoms with van der Waals surface area (Å²) < 4.78 is 0. The number of para-hydroxylation sites is 1. The van der Waals surface area contributed by atoms with Gasteiger partial charge >= 0.3 is 0 Å². The van der Waals surface area contributed by atoms with Crippen LogP contribution in [0.3, 0.4) is 0 Å². The predicted molar refractivity (Wildman–Crippen MR) is 103 cm³/mol. The van der Waals surface area contributed by atoms with Crippen LogP contribution in [0.4, 0.5) is 16.2 Å². The molecule has 142 valence electrons. The third-order valence-electron chi connectivity index (χ3n) is 3.86. The summed E-state index contributed by atoms with van der Waals surface area (Å²) in [6, 6.07) is 9.81. The van der Waals surface area contributed by atoms with Crippen LogP contribution in [0.2, 0.25) is 5.02 Å². The quantitative estimate of drug-likeness (QED) is 0.399. The number of carbonyl (C=O) groups excluding carboxylic acids is 2. The number of imide groups is 1. The number of benzene rings is 2. The topological polar surface area (TPSA) is 124 Å². The van der Waals surface area contributed by atoms with Crippen molar-refractivity contribution in [1.29, 1.82) is 0 Å². The summed E-state index contributed by atoms with van der Waals surface area (Å²) in [5.74, 6) is -0.634. The van der Waals surface area contributed by atoms with Crippen molar-refractivity contribution >= 4 is 52.0 Å². The third kappa shape index (κ3) is 3.87. The van der Waals surface area contributed by atoms with E-state index < -0.39 is 21.0 Å². The molecule has 0 radical (unpaired) electrons. The molecule has 3 rings (SSSR count). The van der Waals surface area contributed by atoms with Gasteiger partial charge in [-0.25, -0.2) is 0 Å². The molecular formula is C17H10ClN3O6S. The van der Waals surface area contributed by atoms with E-state index in [9.17, 15) is 29.8 Å². The Balaban J connectivity index is 1.88. The van der Waals surface area contributed by atoms with Crippen molar-refractivity contribution in [2.24, 2.45) is 0 Å². The Bertz CT molecular complexity index is 1050. The number of carbonyl (C=O) groups is 2. The second kappa shape index (κ2) is 7.79. The summed E-state index contributed by atoms with van der Waals surface area (Å²) >= 11 is 6.42. The first-order chi connectivity index (χ1) is 13.3. The number of rotatable bonds is 5. The molecule has 2 aromatic carbocycles. The van der Waals surface area contributed by atoms with Crippen LogP contribution in [0.1, 0.15) is 11.1 Å². The van der Waals surface area contributed by atoms with Crippen molar-refractivity contribution in [2.45, 2.75) is 6.54 Å². The van der Waals surface area contributed by atoms with E-state index in [0.717, 1.165) is 4.90 Å². The van der Waals surface area contributed by atoms with Crippen LogP contribution in [0.15, 0.2) is 47.4 Å². The van der Waals surface area contributed by atoms with Gasteiger partial charge < -0.3 is 0 Å². The summed E-state index contributed by atoms with van der Waals surface area (Å²) in [7, 11) is 0. The lowest BCUT2D eigenvalue weighted by Gasteiger charge is -2.12. The van der Waals surface area contributed by atoms with Crippen LogP contribution in [0.5, 0.6) is 0 Å². The van der Waals surface area contributed by atoms with Crippen LogP contribution in [-0.4, -0.2) is 25.9 Å². The maximum atomic E-state index is 12.6. The Kier molecular flexibility index (Phi) is 5.43. The molecule has 0 atom stereocenters. The molecule has 2 amide bonds. The fourth-order valence-corrected chi connectivity index (χ4v) is 3.56. The smallest absolute Gasteiger partial charge is 0.268 e. The standard InChI is InChI=1S/C17H10ClN3O6S/c18-12-6-5-10(7-14(12)21(26)27)8-15-16(22)19(17(23)28-15)9-11-3-1-2-4-13(11)20(24)25/h1-8H,9H2/b15-8-. The number of hydrogen-bond acceptors (Lipinski definition) is 7. The van der Waals surface area contributed by atoms with Crippen molar-refractivity contribution in [1.82, 2.24) is 4.90 Å². The van der Waals surface area contributed by atoms with Gasteiger partial charge in [-0.05, 0) is 29.5 Å². The number of nitrogens with zero attached hydrogens (tertiary/aromatic N) is 3. The predicted octanol–water partition coefficient (Wildman–Crippen LogP) is 4.39. The summed E-state index contributed by atoms with van der Waals surface area (Å²) in [6.45, 7) is -0.250. The Morgan fingerprint density at radius 3 is 2.39 bits per heavy atom. The van der Waals surface area contributed by atoms with Gasteiger partial charge in [-0.15, -0.1) is 0 Å². The number of halogens is 1. The van der Waals surface area contributed by atoms with Gasteiger partial charge in [-0.2, -0.15) is 0 Å². The van der Waals surface area contributed by atoms with Gasteiger partial charge in [0.25, 0.3) is 22.5 Å². The second-order valence-electron chi connectivity index (χ2n) is 5.62. The van der Waals surface area contributed by atoms with Crippen molar-refractivity contribution in [3.63, 3.8) is 0 Å². The molecule has 0 aromatic heterocycles. The highest BCUT2D eigenvalue weighted by molar-refractivity contribution is 8.18. The van der Waals surface area contributed by atoms with Crippen molar-refractivity contribution in [2.75, 3.05) is 0 Å². The zero-order valence-electron chi connectivity index (χ0n) is 13.9. The fraction of sp³-hybridized carbons (Fsp3) is 0.0588. The van der Waals surface area contributed by atoms with E-state index in [-0.39, 0.29) is 33.4 Å². The zero-order valence-corrected chi connectivity index (χ0v) is 15.5. The molecule has 0 aliphatic carbocycles. The summed E-state index contributed by atoms with van der Waals surface area (Å²) in [6.07, 6.45) is 1.34. The first kappa shape index (κ1) is 19.5. The highest BCUT2D eigenvalue weighted by Crippen LogP contribution is 2.35. The van der Waals surface area contributed by atoms with Gasteiger partial charge in [0.15, 0.2) is 0 Å².